The summed E-state index contributed by atoms with van der Waals surface area (Å²) in [5.41, 5.74) is 2.30. The number of methoxy groups -OCH3 is 3. The lowest BCUT2D eigenvalue weighted by molar-refractivity contribution is -0.302. The third-order valence-corrected chi connectivity index (χ3v) is 14.4. The number of nitrogens with zero attached hydrogens (tertiary/aromatic N) is 1. The van der Waals surface area contributed by atoms with E-state index >= 15 is 0 Å². The highest BCUT2D eigenvalue weighted by atomic mass is 16.7. The SMILES string of the molecule is CCC1C=C(C)CC(C)CC(OC)C2OC(O)(C(=O)C(=O)N3CCCCC3C(=O)OC(C(C)=CC3CCC(OCC(=O)c4ccc(O)cc4)C(OC)C3)C(C)CCC1=O)C(C)CC2OC. The Bertz CT molecular complexity index is 1860. The van der Waals surface area contributed by atoms with Crippen molar-refractivity contribution in [2.45, 2.75) is 167 Å². The predicted molar refractivity (Wildman–Crippen MR) is 243 cm³/mol. The van der Waals surface area contributed by atoms with Gasteiger partial charge in [-0.3, -0.25) is 19.2 Å². The van der Waals surface area contributed by atoms with Crippen LogP contribution in [0.5, 0.6) is 5.75 Å². The molecule has 4 aliphatic rings. The van der Waals surface area contributed by atoms with Crippen molar-refractivity contribution >= 4 is 29.2 Å². The quantitative estimate of drug-likeness (QED) is 0.105. The van der Waals surface area contributed by atoms with Crippen molar-refractivity contribution in [2.75, 3.05) is 34.5 Å². The standard InChI is InChI=1S/C51H75NO13/c1-10-36-24-30(2)23-31(3)25-44(61-8)47-45(62-9)27-34(6)51(59,65-47)48(56)49(57)52-22-12-11-13-39(52)50(58)64-46(32(4)14-20-40(36)54)33(5)26-35-15-21-42(43(28-35)60-7)63-29-41(55)37-16-18-38(53)19-17-37/h16-19,24,26,31-32,34-36,39,42-47,53,59H,10-15,20-23,25,27-29H2,1-9H3. The molecule has 0 spiro atoms. The number of ketones is 3. The number of piperidine rings is 1. The molecule has 0 aromatic heterocycles. The summed E-state index contributed by atoms with van der Waals surface area (Å²) in [4.78, 5) is 71.1. The molecule has 362 valence electrons. The van der Waals surface area contributed by atoms with Crippen molar-refractivity contribution in [3.63, 3.8) is 0 Å². The number of phenols is 1. The molecule has 3 heterocycles. The lowest BCUT2D eigenvalue weighted by Gasteiger charge is -2.47. The molecule has 1 saturated carbocycles. The Morgan fingerprint density at radius 3 is 2.23 bits per heavy atom. The first-order chi connectivity index (χ1) is 30.9. The fourth-order valence-electron chi connectivity index (χ4n) is 10.5. The lowest BCUT2D eigenvalue weighted by Crippen LogP contribution is -2.64. The van der Waals surface area contributed by atoms with Crippen LogP contribution in [0.1, 0.15) is 129 Å². The van der Waals surface area contributed by atoms with E-state index in [1.165, 1.54) is 17.0 Å². The number of ether oxygens (including phenoxy) is 6. The van der Waals surface area contributed by atoms with Crippen LogP contribution in [0.3, 0.4) is 0 Å². The third-order valence-electron chi connectivity index (χ3n) is 14.4. The maximum absolute atomic E-state index is 14.5. The number of aliphatic hydroxyl groups is 1. The van der Waals surface area contributed by atoms with Crippen molar-refractivity contribution in [1.29, 1.82) is 0 Å². The van der Waals surface area contributed by atoms with Crippen molar-refractivity contribution in [2.24, 2.45) is 29.6 Å². The molecule has 65 heavy (non-hydrogen) atoms. The summed E-state index contributed by atoms with van der Waals surface area (Å²) >= 11 is 0. The second kappa shape index (κ2) is 23.8. The van der Waals surface area contributed by atoms with Crippen LogP contribution in [0.25, 0.3) is 0 Å². The Morgan fingerprint density at radius 1 is 0.892 bits per heavy atom. The number of Topliss-reactive ketones (excluding diaryl/α,β-unsaturated/α-hetero) is 3. The van der Waals surface area contributed by atoms with Crippen LogP contribution in [-0.4, -0.2) is 127 Å². The van der Waals surface area contributed by atoms with Crippen molar-refractivity contribution < 1.29 is 62.6 Å². The average Bonchev–Trinajstić information content (AvgIpc) is 3.30. The van der Waals surface area contributed by atoms with Gasteiger partial charge in [-0.15, -0.1) is 0 Å². The number of phenolic OH excluding ortho intramolecular Hbond substituents is 1. The zero-order valence-corrected chi connectivity index (χ0v) is 40.1. The number of aromatic hydroxyl groups is 1. The molecule has 1 aliphatic carbocycles. The molecule has 0 radical (unpaired) electrons. The van der Waals surface area contributed by atoms with Crippen LogP contribution < -0.4 is 0 Å². The van der Waals surface area contributed by atoms with Gasteiger partial charge >= 0.3 is 5.97 Å². The Hall–Kier alpha value is -3.79. The number of carbonyl (C=O) groups is 5. The molecule has 2 N–H and O–H groups in total. The van der Waals surface area contributed by atoms with E-state index in [1.54, 1.807) is 40.4 Å². The van der Waals surface area contributed by atoms with Gasteiger partial charge in [-0.05, 0) is 132 Å². The largest absolute Gasteiger partial charge is 0.508 e. The Morgan fingerprint density at radius 2 is 1.57 bits per heavy atom. The normalized spacial score (nSPS) is 35.4. The van der Waals surface area contributed by atoms with E-state index in [1.807, 2.05) is 27.7 Å². The number of benzene rings is 1. The van der Waals surface area contributed by atoms with Gasteiger partial charge in [0.1, 0.15) is 36.4 Å². The summed E-state index contributed by atoms with van der Waals surface area (Å²) in [5.74, 6) is -6.61. The number of amides is 1. The van der Waals surface area contributed by atoms with E-state index in [4.69, 9.17) is 28.4 Å². The summed E-state index contributed by atoms with van der Waals surface area (Å²) in [5, 5.41) is 21.7. The minimum Gasteiger partial charge on any atom is -0.508 e. The van der Waals surface area contributed by atoms with E-state index < -0.39 is 59.8 Å². The van der Waals surface area contributed by atoms with Gasteiger partial charge in [0, 0.05) is 51.7 Å². The predicted octanol–water partition coefficient (Wildman–Crippen LogP) is 7.11. The van der Waals surface area contributed by atoms with E-state index in [2.05, 4.69) is 19.1 Å². The number of fused-ring (bicyclic) bond motifs is 3. The molecule has 1 aromatic rings. The minimum absolute atomic E-state index is 0.0214. The molecular weight excluding hydrogens is 835 g/mol. The van der Waals surface area contributed by atoms with Crippen molar-refractivity contribution in [1.82, 2.24) is 4.90 Å². The van der Waals surface area contributed by atoms with Crippen LogP contribution in [0.2, 0.25) is 0 Å². The molecule has 13 unspecified atom stereocenters. The molecule has 14 nitrogen and oxygen atoms in total. The van der Waals surface area contributed by atoms with Gasteiger partial charge in [0.2, 0.25) is 5.79 Å². The van der Waals surface area contributed by atoms with Gasteiger partial charge < -0.3 is 43.5 Å². The average molecular weight is 910 g/mol. The first kappa shape index (κ1) is 52.2. The van der Waals surface area contributed by atoms with Crippen molar-refractivity contribution in [3.05, 3.63) is 53.1 Å². The van der Waals surface area contributed by atoms with Crippen LogP contribution in [-0.2, 0) is 47.6 Å². The molecule has 5 rings (SSSR count). The number of allylic oxidation sites excluding steroid dienone is 3. The third kappa shape index (κ3) is 13.0. The summed E-state index contributed by atoms with van der Waals surface area (Å²) < 4.78 is 36.5. The fraction of sp³-hybridized carbons (Fsp3) is 0.706. The molecule has 2 bridgehead atoms. The van der Waals surface area contributed by atoms with Gasteiger partial charge in [0.05, 0.1) is 24.4 Å². The van der Waals surface area contributed by atoms with E-state index in [-0.39, 0.29) is 85.6 Å². The topological polar surface area (TPSA) is 184 Å². The molecule has 14 heteroatoms. The second-order valence-electron chi connectivity index (χ2n) is 19.3. The molecular formula is C51H75NO13. The Kier molecular flexibility index (Phi) is 19.1. The number of hydrogen-bond acceptors (Lipinski definition) is 13. The van der Waals surface area contributed by atoms with Gasteiger partial charge in [-0.2, -0.15) is 0 Å². The molecule has 1 amide bonds. The lowest BCUT2D eigenvalue weighted by atomic mass is 9.82. The number of hydrogen-bond donors (Lipinski definition) is 2. The van der Waals surface area contributed by atoms with Gasteiger partial charge in [-0.1, -0.05) is 45.4 Å². The molecule has 3 aliphatic heterocycles. The number of carbonyl (C=O) groups excluding carboxylic acids is 5. The number of rotatable bonds is 10. The zero-order valence-electron chi connectivity index (χ0n) is 40.1. The van der Waals surface area contributed by atoms with Crippen LogP contribution >= 0.6 is 0 Å². The van der Waals surface area contributed by atoms with E-state index in [0.29, 0.717) is 56.9 Å². The molecule has 13 atom stereocenters. The highest BCUT2D eigenvalue weighted by Gasteiger charge is 2.56. The summed E-state index contributed by atoms with van der Waals surface area (Å²) in [6, 6.07) is 4.97. The van der Waals surface area contributed by atoms with Gasteiger partial charge in [0.15, 0.2) is 5.78 Å². The number of cyclic esters (lactones) is 1. The zero-order chi connectivity index (χ0) is 47.6. The first-order valence-electron chi connectivity index (χ1n) is 23.8. The van der Waals surface area contributed by atoms with E-state index in [0.717, 1.165) is 17.6 Å². The molecule has 1 aromatic carbocycles. The maximum Gasteiger partial charge on any atom is 0.329 e. The highest BCUT2D eigenvalue weighted by molar-refractivity contribution is 6.39. The maximum atomic E-state index is 14.5. The van der Waals surface area contributed by atoms with Crippen molar-refractivity contribution in [3.8, 4) is 5.75 Å². The monoisotopic (exact) mass is 910 g/mol. The second-order valence-corrected chi connectivity index (χ2v) is 19.3. The summed E-state index contributed by atoms with van der Waals surface area (Å²) in [6.07, 6.45) is 6.93. The summed E-state index contributed by atoms with van der Waals surface area (Å²) in [6.45, 7) is 11.6. The number of esters is 1. The minimum atomic E-state index is -2.49. The summed E-state index contributed by atoms with van der Waals surface area (Å²) in [7, 11) is 4.71. The first-order valence-corrected chi connectivity index (χ1v) is 23.8. The van der Waals surface area contributed by atoms with Gasteiger partial charge in [0.25, 0.3) is 11.7 Å². The van der Waals surface area contributed by atoms with Crippen LogP contribution in [0, 0.1) is 29.6 Å². The Balaban J connectivity index is 1.42. The smallest absolute Gasteiger partial charge is 0.329 e. The fourth-order valence-corrected chi connectivity index (χ4v) is 10.5. The van der Waals surface area contributed by atoms with Crippen LogP contribution in [0.15, 0.2) is 47.6 Å². The molecule has 3 fully saturated rings. The Labute approximate surface area is 385 Å². The van der Waals surface area contributed by atoms with Gasteiger partial charge in [-0.25, -0.2) is 4.79 Å². The molecule has 2 saturated heterocycles. The van der Waals surface area contributed by atoms with E-state index in [9.17, 15) is 34.2 Å². The highest BCUT2D eigenvalue weighted by Crippen LogP contribution is 2.39. The van der Waals surface area contributed by atoms with Crippen LogP contribution in [0.4, 0.5) is 0 Å².